The Morgan fingerprint density at radius 3 is 3.21 bits per heavy atom. The summed E-state index contributed by atoms with van der Waals surface area (Å²) in [5.41, 5.74) is 2.92. The lowest BCUT2D eigenvalue weighted by Crippen LogP contribution is -2.35. The molecule has 2 N–H and O–H groups in total. The summed E-state index contributed by atoms with van der Waals surface area (Å²) >= 11 is 1.71. The fourth-order valence-corrected chi connectivity index (χ4v) is 3.29. The van der Waals surface area contributed by atoms with Crippen molar-refractivity contribution in [2.75, 3.05) is 13.1 Å². The number of nitrogens with one attached hydrogen (secondary N) is 2. The molecule has 0 aliphatic carbocycles. The number of hydrogen-bond acceptors (Lipinski definition) is 4. The molecule has 2 heterocycles. The van der Waals surface area contributed by atoms with Crippen LogP contribution in [0.1, 0.15) is 35.0 Å². The molecule has 2 unspecified atom stereocenters. The first-order valence-electron chi connectivity index (χ1n) is 6.76. The van der Waals surface area contributed by atoms with Crippen LogP contribution in [-0.2, 0) is 6.54 Å². The van der Waals surface area contributed by atoms with Crippen molar-refractivity contribution in [3.63, 3.8) is 0 Å². The van der Waals surface area contributed by atoms with Crippen molar-refractivity contribution in [2.24, 2.45) is 0 Å². The first-order chi connectivity index (χ1) is 9.34. The highest BCUT2D eigenvalue weighted by Crippen LogP contribution is 2.24. The maximum atomic E-state index is 4.36. The molecule has 1 aliphatic rings. The van der Waals surface area contributed by atoms with Crippen LogP contribution < -0.4 is 10.6 Å². The van der Waals surface area contributed by atoms with E-state index in [2.05, 4.69) is 46.8 Å². The minimum Gasteiger partial charge on any atom is -0.312 e. The Bertz CT molecular complexity index is 524. The number of hydrogen-bond donors (Lipinski definition) is 2. The quantitative estimate of drug-likeness (QED) is 0.899. The maximum absolute atomic E-state index is 4.36. The summed E-state index contributed by atoms with van der Waals surface area (Å²) in [6.45, 7) is 5.22. The second kappa shape index (κ2) is 5.82. The Morgan fingerprint density at radius 1 is 1.47 bits per heavy atom. The number of rotatable bonds is 4. The van der Waals surface area contributed by atoms with Crippen LogP contribution in [0.5, 0.6) is 0 Å². The highest BCUT2D eigenvalue weighted by Gasteiger charge is 2.20. The highest BCUT2D eigenvalue weighted by molar-refractivity contribution is 7.09. The molecule has 4 heteroatoms. The normalized spacial score (nSPS) is 19.9. The van der Waals surface area contributed by atoms with Crippen LogP contribution in [0.4, 0.5) is 0 Å². The van der Waals surface area contributed by atoms with E-state index >= 15 is 0 Å². The van der Waals surface area contributed by atoms with Crippen LogP contribution in [0.25, 0.3) is 0 Å². The topological polar surface area (TPSA) is 37.0 Å². The average molecular weight is 273 g/mol. The molecule has 3 nitrogen and oxygen atoms in total. The van der Waals surface area contributed by atoms with Crippen LogP contribution in [-0.4, -0.2) is 18.1 Å². The lowest BCUT2D eigenvalue weighted by molar-refractivity contribution is 0.472. The van der Waals surface area contributed by atoms with Crippen molar-refractivity contribution < 1.29 is 0 Å². The summed E-state index contributed by atoms with van der Waals surface area (Å²) in [5.74, 6) is 0.548. The van der Waals surface area contributed by atoms with E-state index in [0.717, 1.165) is 24.6 Å². The van der Waals surface area contributed by atoms with E-state index in [1.54, 1.807) is 11.3 Å². The molecule has 0 radical (unpaired) electrons. The third kappa shape index (κ3) is 2.86. The zero-order valence-electron chi connectivity index (χ0n) is 11.1. The monoisotopic (exact) mass is 273 g/mol. The number of fused-ring (bicyclic) bond motifs is 1. The van der Waals surface area contributed by atoms with Gasteiger partial charge >= 0.3 is 0 Å². The Labute approximate surface area is 118 Å². The SMILES string of the molecule is CC(NCC1CNCc2ccccc21)c1nccs1. The molecule has 1 aromatic heterocycles. The summed E-state index contributed by atoms with van der Waals surface area (Å²) in [5, 5.41) is 10.3. The second-order valence-electron chi connectivity index (χ2n) is 5.03. The Morgan fingerprint density at radius 2 is 2.37 bits per heavy atom. The molecule has 19 heavy (non-hydrogen) atoms. The van der Waals surface area contributed by atoms with Gasteiger partial charge in [0.1, 0.15) is 5.01 Å². The zero-order chi connectivity index (χ0) is 13.1. The van der Waals surface area contributed by atoms with E-state index in [-0.39, 0.29) is 0 Å². The van der Waals surface area contributed by atoms with Gasteiger partial charge in [-0.05, 0) is 18.1 Å². The van der Waals surface area contributed by atoms with Gasteiger partial charge < -0.3 is 10.6 Å². The van der Waals surface area contributed by atoms with Gasteiger partial charge in [0.25, 0.3) is 0 Å². The van der Waals surface area contributed by atoms with Gasteiger partial charge in [0, 0.05) is 37.1 Å². The van der Waals surface area contributed by atoms with Gasteiger partial charge in [-0.15, -0.1) is 11.3 Å². The minimum atomic E-state index is 0.328. The first kappa shape index (κ1) is 12.8. The van der Waals surface area contributed by atoms with Gasteiger partial charge in [-0.2, -0.15) is 0 Å². The fourth-order valence-electron chi connectivity index (χ4n) is 2.62. The van der Waals surface area contributed by atoms with Crippen molar-refractivity contribution in [1.29, 1.82) is 0 Å². The number of benzene rings is 1. The standard InChI is InChI=1S/C15H19N3S/c1-11(15-17-6-7-19-15)18-10-13-9-16-8-12-4-2-3-5-14(12)13/h2-7,11,13,16,18H,8-10H2,1H3. The predicted octanol–water partition coefficient (Wildman–Crippen LogP) is 2.68. The van der Waals surface area contributed by atoms with E-state index in [1.807, 2.05) is 11.6 Å². The maximum Gasteiger partial charge on any atom is 0.109 e. The van der Waals surface area contributed by atoms with Crippen LogP contribution in [0, 0.1) is 0 Å². The summed E-state index contributed by atoms with van der Waals surface area (Å²) < 4.78 is 0. The molecule has 1 aromatic carbocycles. The molecule has 0 saturated carbocycles. The van der Waals surface area contributed by atoms with Crippen molar-refractivity contribution in [2.45, 2.75) is 25.4 Å². The fraction of sp³-hybridized carbons (Fsp3) is 0.400. The van der Waals surface area contributed by atoms with Gasteiger partial charge in [0.05, 0.1) is 6.04 Å². The number of nitrogens with zero attached hydrogens (tertiary/aromatic N) is 1. The second-order valence-corrected chi connectivity index (χ2v) is 5.95. The lowest BCUT2D eigenvalue weighted by Gasteiger charge is -2.27. The third-order valence-electron chi connectivity index (χ3n) is 3.69. The summed E-state index contributed by atoms with van der Waals surface area (Å²) in [6, 6.07) is 9.07. The molecule has 0 fully saturated rings. The smallest absolute Gasteiger partial charge is 0.109 e. The van der Waals surface area contributed by atoms with Crippen LogP contribution in [0.3, 0.4) is 0 Å². The molecule has 0 spiro atoms. The predicted molar refractivity (Wildman–Crippen MR) is 79.4 cm³/mol. The summed E-state index contributed by atoms with van der Waals surface area (Å²) in [6.07, 6.45) is 1.87. The Balaban J connectivity index is 1.65. The zero-order valence-corrected chi connectivity index (χ0v) is 11.9. The van der Waals surface area contributed by atoms with Gasteiger partial charge in [-0.25, -0.2) is 4.98 Å². The van der Waals surface area contributed by atoms with Crippen molar-refractivity contribution in [1.82, 2.24) is 15.6 Å². The van der Waals surface area contributed by atoms with Crippen molar-refractivity contribution in [3.05, 3.63) is 52.0 Å². The largest absolute Gasteiger partial charge is 0.312 e. The van der Waals surface area contributed by atoms with Crippen molar-refractivity contribution >= 4 is 11.3 Å². The minimum absolute atomic E-state index is 0.328. The molecule has 1 aliphatic heterocycles. The Hall–Kier alpha value is -1.23. The molecule has 0 bridgehead atoms. The van der Waals surface area contributed by atoms with Gasteiger partial charge in [-0.1, -0.05) is 24.3 Å². The van der Waals surface area contributed by atoms with E-state index in [9.17, 15) is 0 Å². The lowest BCUT2D eigenvalue weighted by atomic mass is 9.91. The molecular formula is C15H19N3S. The number of thiazole rings is 1. The highest BCUT2D eigenvalue weighted by atomic mass is 32.1. The van der Waals surface area contributed by atoms with E-state index in [0.29, 0.717) is 12.0 Å². The first-order valence-corrected chi connectivity index (χ1v) is 7.64. The van der Waals surface area contributed by atoms with Gasteiger partial charge in [0.2, 0.25) is 0 Å². The van der Waals surface area contributed by atoms with Gasteiger partial charge in [-0.3, -0.25) is 0 Å². The van der Waals surface area contributed by atoms with Crippen LogP contribution in [0.2, 0.25) is 0 Å². The summed E-state index contributed by atoms with van der Waals surface area (Å²) in [7, 11) is 0. The molecule has 0 amide bonds. The molecular weight excluding hydrogens is 254 g/mol. The van der Waals surface area contributed by atoms with Crippen LogP contribution in [0.15, 0.2) is 35.8 Å². The molecule has 100 valence electrons. The third-order valence-corrected chi connectivity index (χ3v) is 4.65. The average Bonchev–Trinajstić information content (AvgIpc) is 2.99. The number of aromatic nitrogens is 1. The molecule has 2 atom stereocenters. The molecule has 3 rings (SSSR count). The van der Waals surface area contributed by atoms with Crippen LogP contribution >= 0.6 is 11.3 Å². The van der Waals surface area contributed by atoms with Crippen molar-refractivity contribution in [3.8, 4) is 0 Å². The van der Waals surface area contributed by atoms with E-state index in [4.69, 9.17) is 0 Å². The van der Waals surface area contributed by atoms with E-state index < -0.39 is 0 Å². The molecule has 0 saturated heterocycles. The Kier molecular flexibility index (Phi) is 3.92. The molecule has 2 aromatic rings. The van der Waals surface area contributed by atoms with Gasteiger partial charge in [0.15, 0.2) is 0 Å². The van der Waals surface area contributed by atoms with E-state index in [1.165, 1.54) is 11.1 Å². The summed E-state index contributed by atoms with van der Waals surface area (Å²) in [4.78, 5) is 4.36.